The molecule has 4 rings (SSSR count). The molecular weight excluding hydrogens is 471 g/mol. The van der Waals surface area contributed by atoms with Crippen molar-refractivity contribution in [3.8, 4) is 11.5 Å². The summed E-state index contributed by atoms with van der Waals surface area (Å²) in [6, 6.07) is 6.20. The first-order valence-corrected chi connectivity index (χ1v) is 9.25. The van der Waals surface area contributed by atoms with Crippen molar-refractivity contribution in [2.45, 2.75) is 13.1 Å². The van der Waals surface area contributed by atoms with Gasteiger partial charge >= 0.3 is 0 Å². The molecule has 0 amide bonds. The molecule has 0 radical (unpaired) electrons. The third-order valence-electron chi connectivity index (χ3n) is 4.94. The van der Waals surface area contributed by atoms with Gasteiger partial charge in [0.25, 0.3) is 0 Å². The fourth-order valence-electron chi connectivity index (χ4n) is 3.49. The van der Waals surface area contributed by atoms with E-state index in [-0.39, 0.29) is 24.0 Å². The fraction of sp³-hybridized carbons (Fsp3) is 0.474. The quantitative estimate of drug-likeness (QED) is 0.393. The van der Waals surface area contributed by atoms with Crippen LogP contribution in [0.15, 0.2) is 35.6 Å². The van der Waals surface area contributed by atoms with Crippen molar-refractivity contribution in [1.82, 2.24) is 24.9 Å². The van der Waals surface area contributed by atoms with Gasteiger partial charge in [-0.25, -0.2) is 0 Å². The van der Waals surface area contributed by atoms with Gasteiger partial charge in [0.15, 0.2) is 17.5 Å². The average molecular weight is 498 g/mol. The molecule has 0 spiro atoms. The van der Waals surface area contributed by atoms with Gasteiger partial charge in [-0.2, -0.15) is 5.10 Å². The zero-order valence-corrected chi connectivity index (χ0v) is 18.6. The zero-order valence-electron chi connectivity index (χ0n) is 16.3. The van der Waals surface area contributed by atoms with Crippen molar-refractivity contribution >= 4 is 29.9 Å². The maximum absolute atomic E-state index is 5.48. The van der Waals surface area contributed by atoms with Gasteiger partial charge in [-0.15, -0.1) is 24.0 Å². The monoisotopic (exact) mass is 498 g/mol. The summed E-state index contributed by atoms with van der Waals surface area (Å²) in [5.74, 6) is 2.64. The lowest BCUT2D eigenvalue weighted by molar-refractivity contribution is 0.171. The molecule has 8 nitrogen and oxygen atoms in total. The molecule has 152 valence electrons. The van der Waals surface area contributed by atoms with Crippen LogP contribution in [0.2, 0.25) is 0 Å². The smallest absolute Gasteiger partial charge is 0.231 e. The van der Waals surface area contributed by atoms with E-state index in [9.17, 15) is 0 Å². The summed E-state index contributed by atoms with van der Waals surface area (Å²) in [7, 11) is 3.77. The number of nitrogens with one attached hydrogen (secondary N) is 1. The van der Waals surface area contributed by atoms with Gasteiger partial charge in [-0.05, 0) is 17.7 Å². The highest BCUT2D eigenvalue weighted by Crippen LogP contribution is 2.32. The van der Waals surface area contributed by atoms with Crippen LogP contribution in [-0.2, 0) is 20.1 Å². The third kappa shape index (κ3) is 4.88. The number of benzene rings is 1. The van der Waals surface area contributed by atoms with Gasteiger partial charge in [-0.3, -0.25) is 14.6 Å². The Labute approximate surface area is 182 Å². The van der Waals surface area contributed by atoms with E-state index in [1.165, 1.54) is 5.56 Å². The molecule has 1 N–H and O–H groups in total. The minimum atomic E-state index is 0. The van der Waals surface area contributed by atoms with Gasteiger partial charge in [0.05, 0.1) is 6.20 Å². The Morgan fingerprint density at radius 2 is 1.93 bits per heavy atom. The minimum absolute atomic E-state index is 0. The first-order valence-electron chi connectivity index (χ1n) is 9.25. The van der Waals surface area contributed by atoms with E-state index in [0.29, 0.717) is 6.79 Å². The van der Waals surface area contributed by atoms with Crippen LogP contribution in [0, 0.1) is 0 Å². The standard InChI is InChI=1S/C19H26N6O2.HI/c1-20-19(21-10-16-11-22-23(2)12-16)25-7-5-24(6-8-25)13-15-3-4-17-18(9-15)27-14-26-17;/h3-4,9,11-12H,5-8,10,13-14H2,1-2H3,(H,20,21);1H. The Balaban J connectivity index is 0.00000225. The Morgan fingerprint density at radius 1 is 1.14 bits per heavy atom. The van der Waals surface area contributed by atoms with E-state index < -0.39 is 0 Å². The number of aromatic nitrogens is 2. The molecule has 0 saturated carbocycles. The highest BCUT2D eigenvalue weighted by molar-refractivity contribution is 14.0. The van der Waals surface area contributed by atoms with Crippen molar-refractivity contribution in [3.05, 3.63) is 41.7 Å². The molecule has 0 unspecified atom stereocenters. The van der Waals surface area contributed by atoms with Gasteiger partial charge in [0, 0.05) is 65.1 Å². The normalized spacial score (nSPS) is 16.8. The second-order valence-electron chi connectivity index (χ2n) is 6.87. The van der Waals surface area contributed by atoms with Crippen molar-refractivity contribution in [3.63, 3.8) is 0 Å². The molecule has 0 aliphatic carbocycles. The minimum Gasteiger partial charge on any atom is -0.454 e. The Hall–Kier alpha value is -2.01. The Kier molecular flexibility index (Phi) is 7.00. The van der Waals surface area contributed by atoms with Crippen LogP contribution in [0.1, 0.15) is 11.1 Å². The van der Waals surface area contributed by atoms with Crippen LogP contribution >= 0.6 is 24.0 Å². The van der Waals surface area contributed by atoms with E-state index in [1.807, 2.05) is 37.2 Å². The molecular formula is C19H27IN6O2. The summed E-state index contributed by atoms with van der Waals surface area (Å²) in [6.07, 6.45) is 3.90. The maximum Gasteiger partial charge on any atom is 0.231 e. The summed E-state index contributed by atoms with van der Waals surface area (Å²) in [4.78, 5) is 9.21. The predicted octanol–water partition coefficient (Wildman–Crippen LogP) is 1.66. The number of halogens is 1. The third-order valence-corrected chi connectivity index (χ3v) is 4.94. The Bertz CT molecular complexity index is 817. The number of ether oxygens (including phenoxy) is 2. The van der Waals surface area contributed by atoms with Crippen molar-refractivity contribution < 1.29 is 9.47 Å². The fourth-order valence-corrected chi connectivity index (χ4v) is 3.49. The molecule has 0 bridgehead atoms. The molecule has 1 saturated heterocycles. The van der Waals surface area contributed by atoms with E-state index in [4.69, 9.17) is 9.47 Å². The lowest BCUT2D eigenvalue weighted by Crippen LogP contribution is -2.52. The number of rotatable bonds is 4. The van der Waals surface area contributed by atoms with Crippen LogP contribution in [0.5, 0.6) is 11.5 Å². The number of hydrogen-bond acceptors (Lipinski definition) is 5. The average Bonchev–Trinajstić information content (AvgIpc) is 3.32. The molecule has 0 atom stereocenters. The first-order chi connectivity index (χ1) is 13.2. The number of guanidine groups is 1. The lowest BCUT2D eigenvalue weighted by Gasteiger charge is -2.36. The lowest BCUT2D eigenvalue weighted by atomic mass is 10.1. The van der Waals surface area contributed by atoms with E-state index >= 15 is 0 Å². The van der Waals surface area contributed by atoms with Gasteiger partial charge in [0.2, 0.25) is 6.79 Å². The molecule has 3 heterocycles. The first kappa shape index (κ1) is 20.7. The number of aliphatic imine (C=N–C) groups is 1. The highest BCUT2D eigenvalue weighted by Gasteiger charge is 2.21. The molecule has 1 aromatic carbocycles. The summed E-state index contributed by atoms with van der Waals surface area (Å²) in [5.41, 5.74) is 2.41. The summed E-state index contributed by atoms with van der Waals surface area (Å²) >= 11 is 0. The SMILES string of the molecule is CN=C(NCc1cnn(C)c1)N1CCN(Cc2ccc3c(c2)OCO3)CC1.I. The molecule has 2 aliphatic rings. The van der Waals surface area contributed by atoms with Crippen LogP contribution in [0.4, 0.5) is 0 Å². The van der Waals surface area contributed by atoms with E-state index in [2.05, 4.69) is 37.3 Å². The molecule has 1 fully saturated rings. The Morgan fingerprint density at radius 3 is 2.64 bits per heavy atom. The maximum atomic E-state index is 5.48. The topological polar surface area (TPSA) is 67.2 Å². The largest absolute Gasteiger partial charge is 0.454 e. The number of aryl methyl sites for hydroxylation is 1. The summed E-state index contributed by atoms with van der Waals surface area (Å²) in [5, 5.41) is 7.64. The van der Waals surface area contributed by atoms with Crippen LogP contribution in [-0.4, -0.2) is 65.6 Å². The van der Waals surface area contributed by atoms with Crippen molar-refractivity contribution in [2.24, 2.45) is 12.0 Å². The second kappa shape index (κ2) is 9.46. The van der Waals surface area contributed by atoms with Crippen molar-refractivity contribution in [2.75, 3.05) is 40.0 Å². The van der Waals surface area contributed by atoms with Crippen molar-refractivity contribution in [1.29, 1.82) is 0 Å². The summed E-state index contributed by atoms with van der Waals surface area (Å²) < 4.78 is 12.7. The van der Waals surface area contributed by atoms with Crippen LogP contribution in [0.25, 0.3) is 0 Å². The summed E-state index contributed by atoms with van der Waals surface area (Å²) in [6.45, 7) is 5.89. The van der Waals surface area contributed by atoms with E-state index in [1.54, 1.807) is 0 Å². The van der Waals surface area contributed by atoms with Crippen LogP contribution in [0.3, 0.4) is 0 Å². The molecule has 2 aliphatic heterocycles. The van der Waals surface area contributed by atoms with Gasteiger partial charge < -0.3 is 19.7 Å². The molecule has 28 heavy (non-hydrogen) atoms. The van der Waals surface area contributed by atoms with Crippen LogP contribution < -0.4 is 14.8 Å². The van der Waals surface area contributed by atoms with E-state index in [0.717, 1.165) is 62.3 Å². The van der Waals surface area contributed by atoms with Gasteiger partial charge in [0.1, 0.15) is 0 Å². The number of piperazine rings is 1. The zero-order chi connectivity index (χ0) is 18.6. The number of nitrogens with zero attached hydrogens (tertiary/aromatic N) is 5. The number of fused-ring (bicyclic) bond motifs is 1. The molecule has 1 aromatic heterocycles. The predicted molar refractivity (Wildman–Crippen MR) is 118 cm³/mol. The number of hydrogen-bond donors (Lipinski definition) is 1. The van der Waals surface area contributed by atoms with Gasteiger partial charge in [-0.1, -0.05) is 6.07 Å². The second-order valence-corrected chi connectivity index (χ2v) is 6.87. The molecule has 2 aromatic rings. The highest BCUT2D eigenvalue weighted by atomic mass is 127. The molecule has 9 heteroatoms.